The molecule has 8 heteroatoms. The number of amides is 1. The maximum atomic E-state index is 11.8. The number of thiophene rings is 1. The monoisotopic (exact) mass is 337 g/mol. The molecule has 0 aliphatic heterocycles. The SMILES string of the molecule is COC1(CNC(=O)Cc2ccc(S(=O)(=O)Cl)s2)CCC1. The summed E-state index contributed by atoms with van der Waals surface area (Å²) in [5, 5.41) is 2.83. The Labute approximate surface area is 126 Å². The number of carbonyl (C=O) groups excluding carboxylic acids is 1. The first-order chi connectivity index (χ1) is 9.35. The molecule has 5 nitrogen and oxygen atoms in total. The molecule has 1 saturated carbocycles. The number of halogens is 1. The van der Waals surface area contributed by atoms with Gasteiger partial charge < -0.3 is 10.1 Å². The topological polar surface area (TPSA) is 72.5 Å². The van der Waals surface area contributed by atoms with E-state index in [-0.39, 0.29) is 22.1 Å². The van der Waals surface area contributed by atoms with Gasteiger partial charge >= 0.3 is 0 Å². The van der Waals surface area contributed by atoms with Gasteiger partial charge in [-0.2, -0.15) is 0 Å². The van der Waals surface area contributed by atoms with E-state index < -0.39 is 9.05 Å². The Bertz CT molecular complexity index is 587. The second-order valence-electron chi connectivity index (χ2n) is 4.85. The minimum atomic E-state index is -3.71. The summed E-state index contributed by atoms with van der Waals surface area (Å²) in [6, 6.07) is 3.02. The van der Waals surface area contributed by atoms with Gasteiger partial charge in [-0.15, -0.1) is 11.3 Å². The van der Waals surface area contributed by atoms with Gasteiger partial charge in [-0.3, -0.25) is 4.79 Å². The molecule has 2 rings (SSSR count). The number of methoxy groups -OCH3 is 1. The number of rotatable bonds is 6. The van der Waals surface area contributed by atoms with Crippen molar-refractivity contribution in [2.75, 3.05) is 13.7 Å². The van der Waals surface area contributed by atoms with E-state index in [0.29, 0.717) is 11.4 Å². The number of hydrogen-bond donors (Lipinski definition) is 1. The van der Waals surface area contributed by atoms with E-state index in [0.717, 1.165) is 30.6 Å². The van der Waals surface area contributed by atoms with Crippen molar-refractivity contribution in [1.82, 2.24) is 5.32 Å². The van der Waals surface area contributed by atoms with Crippen LogP contribution in [0.25, 0.3) is 0 Å². The Balaban J connectivity index is 1.87. The van der Waals surface area contributed by atoms with Crippen LogP contribution in [0, 0.1) is 0 Å². The summed E-state index contributed by atoms with van der Waals surface area (Å²) >= 11 is 1.02. The van der Waals surface area contributed by atoms with Crippen LogP contribution in [0.1, 0.15) is 24.1 Å². The standard InChI is InChI=1S/C12H16ClNO4S2/c1-18-12(5-2-6-12)8-14-10(15)7-9-3-4-11(19-9)20(13,16)17/h3-4H,2,5-8H2,1H3,(H,14,15). The molecule has 20 heavy (non-hydrogen) atoms. The zero-order valence-electron chi connectivity index (χ0n) is 11.0. The first-order valence-corrected chi connectivity index (χ1v) is 9.32. The summed E-state index contributed by atoms with van der Waals surface area (Å²) < 4.78 is 27.7. The molecule has 1 aromatic heterocycles. The Morgan fingerprint density at radius 3 is 2.65 bits per heavy atom. The minimum Gasteiger partial charge on any atom is -0.376 e. The molecule has 1 aliphatic rings. The van der Waals surface area contributed by atoms with Crippen molar-refractivity contribution in [2.45, 2.75) is 35.5 Å². The third kappa shape index (κ3) is 3.72. The van der Waals surface area contributed by atoms with Crippen molar-refractivity contribution in [1.29, 1.82) is 0 Å². The molecule has 0 radical (unpaired) electrons. The number of ether oxygens (including phenoxy) is 1. The number of hydrogen-bond acceptors (Lipinski definition) is 5. The maximum absolute atomic E-state index is 11.8. The van der Waals surface area contributed by atoms with Gasteiger partial charge in [0, 0.05) is 29.2 Å². The molecule has 1 aliphatic carbocycles. The molecule has 0 bridgehead atoms. The predicted molar refractivity (Wildman–Crippen MR) is 77.7 cm³/mol. The molecular weight excluding hydrogens is 322 g/mol. The molecule has 1 heterocycles. The van der Waals surface area contributed by atoms with Crippen LogP contribution >= 0.6 is 22.0 Å². The van der Waals surface area contributed by atoms with Gasteiger partial charge in [0.25, 0.3) is 9.05 Å². The van der Waals surface area contributed by atoms with Crippen molar-refractivity contribution in [3.8, 4) is 0 Å². The normalized spacial score (nSPS) is 17.5. The summed E-state index contributed by atoms with van der Waals surface area (Å²) in [6.45, 7) is 0.494. The molecule has 0 atom stereocenters. The Kier molecular flexibility index (Phi) is 4.73. The molecular formula is C12H16ClNO4S2. The van der Waals surface area contributed by atoms with E-state index in [9.17, 15) is 13.2 Å². The number of nitrogens with one attached hydrogen (secondary N) is 1. The highest BCUT2D eigenvalue weighted by molar-refractivity contribution is 8.15. The lowest BCUT2D eigenvalue weighted by molar-refractivity contribution is -0.124. The van der Waals surface area contributed by atoms with Gasteiger partial charge in [-0.1, -0.05) is 0 Å². The zero-order valence-corrected chi connectivity index (χ0v) is 13.4. The lowest BCUT2D eigenvalue weighted by Crippen LogP contribution is -2.49. The Morgan fingerprint density at radius 1 is 1.50 bits per heavy atom. The molecule has 0 aromatic carbocycles. The highest BCUT2D eigenvalue weighted by Gasteiger charge is 2.37. The van der Waals surface area contributed by atoms with Crippen LogP contribution in [0.3, 0.4) is 0 Å². The molecule has 1 aromatic rings. The van der Waals surface area contributed by atoms with Crippen LogP contribution in [-0.2, 0) is 25.0 Å². The molecule has 0 saturated heterocycles. The van der Waals surface area contributed by atoms with E-state index in [1.165, 1.54) is 6.07 Å². The lowest BCUT2D eigenvalue weighted by Gasteiger charge is -2.40. The fraction of sp³-hybridized carbons (Fsp3) is 0.583. The van der Waals surface area contributed by atoms with Crippen molar-refractivity contribution >= 4 is 37.0 Å². The van der Waals surface area contributed by atoms with Gasteiger partial charge in [-0.25, -0.2) is 8.42 Å². The van der Waals surface area contributed by atoms with Gasteiger partial charge in [0.2, 0.25) is 5.91 Å². The predicted octanol–water partition coefficient (Wildman–Crippen LogP) is 1.90. The lowest BCUT2D eigenvalue weighted by atomic mass is 9.80. The van der Waals surface area contributed by atoms with Crippen LogP contribution in [0.15, 0.2) is 16.3 Å². The van der Waals surface area contributed by atoms with E-state index >= 15 is 0 Å². The second kappa shape index (κ2) is 6.01. The fourth-order valence-corrected chi connectivity index (χ4v) is 4.21. The van der Waals surface area contributed by atoms with Crippen LogP contribution in [0.5, 0.6) is 0 Å². The highest BCUT2D eigenvalue weighted by Crippen LogP contribution is 2.34. The third-order valence-corrected chi connectivity index (χ3v) is 6.70. The molecule has 0 spiro atoms. The Hall–Kier alpha value is -0.630. The summed E-state index contributed by atoms with van der Waals surface area (Å²) in [5.74, 6) is -0.145. The highest BCUT2D eigenvalue weighted by atomic mass is 35.7. The first kappa shape index (κ1) is 15.8. The molecule has 1 amide bonds. The zero-order chi connectivity index (χ0) is 14.8. The van der Waals surface area contributed by atoms with Crippen LogP contribution in [-0.4, -0.2) is 33.6 Å². The molecule has 1 fully saturated rings. The largest absolute Gasteiger partial charge is 0.376 e. The van der Waals surface area contributed by atoms with Gasteiger partial charge in [0.15, 0.2) is 0 Å². The minimum absolute atomic E-state index is 0.0642. The summed E-state index contributed by atoms with van der Waals surface area (Å²) in [4.78, 5) is 12.5. The average Bonchev–Trinajstić information content (AvgIpc) is 2.76. The molecule has 1 N–H and O–H groups in total. The summed E-state index contributed by atoms with van der Waals surface area (Å²) in [7, 11) is 3.18. The molecule has 112 valence electrons. The van der Waals surface area contributed by atoms with E-state index in [4.69, 9.17) is 15.4 Å². The maximum Gasteiger partial charge on any atom is 0.270 e. The van der Waals surface area contributed by atoms with Crippen LogP contribution < -0.4 is 5.32 Å². The van der Waals surface area contributed by atoms with Gasteiger partial charge in [0.05, 0.1) is 12.0 Å². The van der Waals surface area contributed by atoms with Gasteiger partial charge in [-0.05, 0) is 31.4 Å². The van der Waals surface area contributed by atoms with Crippen molar-refractivity contribution in [3.05, 3.63) is 17.0 Å². The summed E-state index contributed by atoms with van der Waals surface area (Å²) in [6.07, 6.45) is 3.18. The average molecular weight is 338 g/mol. The van der Waals surface area contributed by atoms with E-state index in [2.05, 4.69) is 5.32 Å². The van der Waals surface area contributed by atoms with E-state index in [1.54, 1.807) is 13.2 Å². The molecule has 0 unspecified atom stereocenters. The van der Waals surface area contributed by atoms with Crippen molar-refractivity contribution in [3.63, 3.8) is 0 Å². The first-order valence-electron chi connectivity index (χ1n) is 6.20. The van der Waals surface area contributed by atoms with Gasteiger partial charge in [0.1, 0.15) is 4.21 Å². The van der Waals surface area contributed by atoms with Crippen LogP contribution in [0.2, 0.25) is 0 Å². The third-order valence-electron chi connectivity index (χ3n) is 3.52. The van der Waals surface area contributed by atoms with Crippen molar-refractivity contribution < 1.29 is 17.9 Å². The Morgan fingerprint density at radius 2 is 2.20 bits per heavy atom. The van der Waals surface area contributed by atoms with Crippen LogP contribution in [0.4, 0.5) is 0 Å². The second-order valence-corrected chi connectivity index (χ2v) is 8.81. The fourth-order valence-electron chi connectivity index (χ4n) is 2.09. The van der Waals surface area contributed by atoms with E-state index in [1.807, 2.05) is 0 Å². The number of carbonyl (C=O) groups is 1. The smallest absolute Gasteiger partial charge is 0.270 e. The summed E-state index contributed by atoms with van der Waals surface area (Å²) in [5.41, 5.74) is -0.213. The van der Waals surface area contributed by atoms with Crippen molar-refractivity contribution in [2.24, 2.45) is 0 Å². The quantitative estimate of drug-likeness (QED) is 0.805.